The summed E-state index contributed by atoms with van der Waals surface area (Å²) in [6, 6.07) is 0. The molecule has 0 saturated heterocycles. The van der Waals surface area contributed by atoms with Crippen molar-refractivity contribution in [3.63, 3.8) is 0 Å². The molecule has 0 rings (SSSR count). The van der Waals surface area contributed by atoms with Crippen molar-refractivity contribution in [3.8, 4) is 0 Å². The van der Waals surface area contributed by atoms with Gasteiger partial charge in [-0.25, -0.2) is 0 Å². The topological polar surface area (TPSA) is 80.7 Å². The van der Waals surface area contributed by atoms with Crippen LogP contribution in [0.4, 0.5) is 0 Å². The molecule has 0 saturated carbocycles. The third-order valence-corrected chi connectivity index (χ3v) is 4.44. The Morgan fingerprint density at radius 1 is 0.905 bits per heavy atom. The third kappa shape index (κ3) is 17.8. The minimum atomic E-state index is -3.95. The van der Waals surface area contributed by atoms with Gasteiger partial charge in [0.2, 0.25) is 0 Å². The van der Waals surface area contributed by atoms with Crippen molar-refractivity contribution in [2.24, 2.45) is 0 Å². The summed E-state index contributed by atoms with van der Waals surface area (Å²) in [4.78, 5) is 11.3. The number of carbonyl (C=O) groups excluding carboxylic acids is 1. The lowest BCUT2D eigenvalue weighted by atomic mass is 10.1. The first kappa shape index (κ1) is 20.9. The van der Waals surface area contributed by atoms with E-state index in [4.69, 9.17) is 9.29 Å². The molecule has 0 aliphatic carbocycles. The standard InChI is InChI=1S/C14H27BrO5S/c15-11-8-6-4-2-1-3-5-7-10-14(16)20-12-9-13-21(17,18)19/h1-13H2,(H,17,18,19). The Hall–Kier alpha value is -0.140. The average Bonchev–Trinajstić information content (AvgIpc) is 2.41. The van der Waals surface area contributed by atoms with E-state index in [0.29, 0.717) is 6.42 Å². The SMILES string of the molecule is O=C(CCCCCCCCCCBr)OCCCS(=O)(=O)O. The van der Waals surface area contributed by atoms with Gasteiger partial charge in [0, 0.05) is 11.8 Å². The summed E-state index contributed by atoms with van der Waals surface area (Å²) in [6.45, 7) is 0.0478. The van der Waals surface area contributed by atoms with Crippen LogP contribution in [0.2, 0.25) is 0 Å². The second-order valence-electron chi connectivity index (χ2n) is 5.13. The molecule has 0 aliphatic heterocycles. The van der Waals surface area contributed by atoms with Crippen LogP contribution in [0.1, 0.15) is 64.2 Å². The highest BCUT2D eigenvalue weighted by atomic mass is 79.9. The fourth-order valence-electron chi connectivity index (χ4n) is 1.92. The molecular weight excluding hydrogens is 360 g/mol. The molecule has 0 radical (unpaired) electrons. The molecule has 0 aromatic heterocycles. The Bertz CT molecular complexity index is 356. The highest BCUT2D eigenvalue weighted by Crippen LogP contribution is 2.10. The maximum atomic E-state index is 11.3. The Morgan fingerprint density at radius 3 is 1.95 bits per heavy atom. The maximum Gasteiger partial charge on any atom is 0.305 e. The van der Waals surface area contributed by atoms with Gasteiger partial charge in [0.15, 0.2) is 0 Å². The summed E-state index contributed by atoms with van der Waals surface area (Å²) < 4.78 is 34.3. The number of rotatable bonds is 14. The fourth-order valence-corrected chi connectivity index (χ4v) is 2.80. The van der Waals surface area contributed by atoms with Gasteiger partial charge in [0.1, 0.15) is 0 Å². The van der Waals surface area contributed by atoms with Gasteiger partial charge in [-0.05, 0) is 19.3 Å². The summed E-state index contributed by atoms with van der Waals surface area (Å²) in [5.74, 6) is -0.655. The lowest BCUT2D eigenvalue weighted by molar-refractivity contribution is -0.143. The molecule has 21 heavy (non-hydrogen) atoms. The molecule has 0 aromatic carbocycles. The molecule has 0 amide bonds. The molecule has 0 spiro atoms. The second-order valence-corrected chi connectivity index (χ2v) is 7.49. The van der Waals surface area contributed by atoms with Crippen molar-refractivity contribution in [1.29, 1.82) is 0 Å². The lowest BCUT2D eigenvalue weighted by Gasteiger charge is -2.04. The number of hydrogen-bond donors (Lipinski definition) is 1. The Kier molecular flexibility index (Phi) is 13.4. The van der Waals surface area contributed by atoms with Crippen molar-refractivity contribution in [2.75, 3.05) is 17.7 Å². The molecule has 0 aromatic rings. The number of carbonyl (C=O) groups is 1. The number of hydrogen-bond acceptors (Lipinski definition) is 4. The molecule has 0 fully saturated rings. The zero-order valence-corrected chi connectivity index (χ0v) is 15.0. The van der Waals surface area contributed by atoms with Crippen molar-refractivity contribution >= 4 is 32.0 Å². The molecule has 126 valence electrons. The van der Waals surface area contributed by atoms with Gasteiger partial charge in [0.05, 0.1) is 12.4 Å². The first-order chi connectivity index (χ1) is 9.95. The molecule has 0 heterocycles. The van der Waals surface area contributed by atoms with Gasteiger partial charge in [-0.1, -0.05) is 54.5 Å². The van der Waals surface area contributed by atoms with E-state index in [-0.39, 0.29) is 24.7 Å². The van der Waals surface area contributed by atoms with Crippen LogP contribution < -0.4 is 0 Å². The van der Waals surface area contributed by atoms with Crippen LogP contribution in [0, 0.1) is 0 Å². The van der Waals surface area contributed by atoms with E-state index < -0.39 is 10.1 Å². The second kappa shape index (κ2) is 13.5. The Morgan fingerprint density at radius 2 is 1.43 bits per heavy atom. The molecule has 1 N–H and O–H groups in total. The first-order valence-electron chi connectivity index (χ1n) is 7.62. The van der Waals surface area contributed by atoms with Crippen LogP contribution in [-0.4, -0.2) is 36.6 Å². The highest BCUT2D eigenvalue weighted by molar-refractivity contribution is 9.09. The minimum Gasteiger partial charge on any atom is -0.466 e. The normalized spacial score (nSPS) is 11.5. The summed E-state index contributed by atoms with van der Waals surface area (Å²) >= 11 is 3.41. The van der Waals surface area contributed by atoms with Gasteiger partial charge < -0.3 is 4.74 Å². The molecular formula is C14H27BrO5S. The van der Waals surface area contributed by atoms with E-state index in [1.54, 1.807) is 0 Å². The third-order valence-electron chi connectivity index (χ3n) is 3.07. The van der Waals surface area contributed by atoms with Gasteiger partial charge in [0.25, 0.3) is 10.1 Å². The number of ether oxygens (including phenoxy) is 1. The summed E-state index contributed by atoms with van der Waals surface area (Å²) in [5, 5.41) is 1.08. The van der Waals surface area contributed by atoms with Crippen LogP contribution in [0.3, 0.4) is 0 Å². The number of alkyl halides is 1. The van der Waals surface area contributed by atoms with Crippen LogP contribution in [0.15, 0.2) is 0 Å². The lowest BCUT2D eigenvalue weighted by Crippen LogP contribution is -2.10. The van der Waals surface area contributed by atoms with E-state index in [0.717, 1.165) is 24.6 Å². The Balaban J connectivity index is 3.27. The van der Waals surface area contributed by atoms with Crippen LogP contribution in [0.25, 0.3) is 0 Å². The van der Waals surface area contributed by atoms with Gasteiger partial charge >= 0.3 is 5.97 Å². The number of halogens is 1. The Labute approximate surface area is 136 Å². The highest BCUT2D eigenvalue weighted by Gasteiger charge is 2.06. The average molecular weight is 387 g/mol. The molecule has 0 aliphatic rings. The largest absolute Gasteiger partial charge is 0.466 e. The van der Waals surface area contributed by atoms with E-state index in [9.17, 15) is 13.2 Å². The van der Waals surface area contributed by atoms with E-state index in [2.05, 4.69) is 15.9 Å². The zero-order valence-electron chi connectivity index (χ0n) is 12.6. The smallest absolute Gasteiger partial charge is 0.305 e. The van der Waals surface area contributed by atoms with Crippen molar-refractivity contribution in [1.82, 2.24) is 0 Å². The number of unbranched alkanes of at least 4 members (excludes halogenated alkanes) is 7. The number of esters is 1. The summed E-state index contributed by atoms with van der Waals surface area (Å²) in [5.41, 5.74) is 0. The molecule has 0 unspecified atom stereocenters. The molecule has 0 bridgehead atoms. The van der Waals surface area contributed by atoms with Crippen molar-refractivity contribution < 1.29 is 22.5 Å². The molecule has 5 nitrogen and oxygen atoms in total. The fraction of sp³-hybridized carbons (Fsp3) is 0.929. The predicted molar refractivity (Wildman–Crippen MR) is 87.3 cm³/mol. The van der Waals surface area contributed by atoms with E-state index >= 15 is 0 Å². The monoisotopic (exact) mass is 386 g/mol. The molecule has 7 heteroatoms. The van der Waals surface area contributed by atoms with Gasteiger partial charge in [-0.3, -0.25) is 9.35 Å². The van der Waals surface area contributed by atoms with E-state index in [1.165, 1.54) is 32.1 Å². The first-order valence-corrected chi connectivity index (χ1v) is 10.4. The zero-order chi connectivity index (χ0) is 16.0. The molecule has 0 atom stereocenters. The van der Waals surface area contributed by atoms with Crippen molar-refractivity contribution in [2.45, 2.75) is 64.2 Å². The quantitative estimate of drug-likeness (QED) is 0.213. The minimum absolute atomic E-state index is 0.0478. The van der Waals surface area contributed by atoms with Gasteiger partial charge in [-0.2, -0.15) is 8.42 Å². The van der Waals surface area contributed by atoms with Crippen LogP contribution in [-0.2, 0) is 19.6 Å². The maximum absolute atomic E-state index is 11.3. The van der Waals surface area contributed by atoms with Gasteiger partial charge in [-0.15, -0.1) is 0 Å². The van der Waals surface area contributed by atoms with Crippen molar-refractivity contribution in [3.05, 3.63) is 0 Å². The van der Waals surface area contributed by atoms with E-state index in [1.807, 2.05) is 0 Å². The van der Waals surface area contributed by atoms with Crippen LogP contribution in [0.5, 0.6) is 0 Å². The predicted octanol–water partition coefficient (Wildman–Crippen LogP) is 3.71. The summed E-state index contributed by atoms with van der Waals surface area (Å²) in [6.07, 6.45) is 9.78. The van der Waals surface area contributed by atoms with Crippen LogP contribution >= 0.6 is 15.9 Å². The summed E-state index contributed by atoms with van der Waals surface area (Å²) in [7, 11) is -3.95.